The second kappa shape index (κ2) is 14.2. The molecule has 0 bridgehead atoms. The molecule has 1 saturated heterocycles. The van der Waals surface area contributed by atoms with Crippen LogP contribution in [-0.2, 0) is 4.94 Å². The van der Waals surface area contributed by atoms with Gasteiger partial charge in [-0.2, -0.15) is 11.4 Å². The third-order valence-corrected chi connectivity index (χ3v) is 6.90. The molecule has 194 valence electrons. The van der Waals surface area contributed by atoms with Crippen LogP contribution in [0.5, 0.6) is 5.75 Å². The average molecular weight is 519 g/mol. The van der Waals surface area contributed by atoms with Gasteiger partial charge < -0.3 is 4.74 Å². The lowest BCUT2D eigenvalue weighted by Crippen LogP contribution is -2.51. The van der Waals surface area contributed by atoms with E-state index in [1.54, 1.807) is 0 Å². The number of rotatable bonds is 10. The molecule has 3 N–H and O–H groups in total. The molecule has 7 heteroatoms. The summed E-state index contributed by atoms with van der Waals surface area (Å²) in [7, 11) is 0. The Bertz CT molecular complexity index is 1140. The number of ether oxygens (including phenoxy) is 1. The van der Waals surface area contributed by atoms with Crippen molar-refractivity contribution in [2.75, 3.05) is 39.3 Å². The standard InChI is InChI=1S/C30H35ClN4O2/c1-24(23-36-29-16-10-25(11-17-29)7-5-6-18-33-37-32)34-19-21-35(22-20-34)30(26-8-3-2-4-9-26)27-12-14-28(31)15-13-27/h2-4,8-17,24,30,33H,6,18-23,32H2,1H3/t24?,30-/m1/s1. The van der Waals surface area contributed by atoms with Crippen LogP contribution in [0.1, 0.15) is 36.1 Å². The summed E-state index contributed by atoms with van der Waals surface area (Å²) in [4.78, 5) is 9.40. The molecule has 4 rings (SSSR count). The first-order valence-corrected chi connectivity index (χ1v) is 13.1. The summed E-state index contributed by atoms with van der Waals surface area (Å²) in [5, 5.41) is 0.767. The van der Waals surface area contributed by atoms with Crippen LogP contribution in [-0.4, -0.2) is 55.2 Å². The smallest absolute Gasteiger partial charge is 0.119 e. The van der Waals surface area contributed by atoms with Crippen LogP contribution in [0, 0.1) is 11.8 Å². The minimum absolute atomic E-state index is 0.221. The van der Waals surface area contributed by atoms with Gasteiger partial charge in [0.25, 0.3) is 0 Å². The SMILES string of the molecule is CC(COc1ccc(C#CCCNON)cc1)N1CCN([C@H](c2ccccc2)c2ccc(Cl)cc2)CC1. The number of benzene rings is 3. The van der Waals surface area contributed by atoms with E-state index in [2.05, 4.69) is 81.4 Å². The number of nitrogens with two attached hydrogens (primary N) is 1. The van der Waals surface area contributed by atoms with Crippen molar-refractivity contribution in [3.63, 3.8) is 0 Å². The average Bonchev–Trinajstić information content (AvgIpc) is 2.94. The number of hydroxylamine groups is 1. The van der Waals surface area contributed by atoms with E-state index < -0.39 is 0 Å². The third-order valence-electron chi connectivity index (χ3n) is 6.65. The highest BCUT2D eigenvalue weighted by Crippen LogP contribution is 2.30. The van der Waals surface area contributed by atoms with E-state index in [-0.39, 0.29) is 6.04 Å². The largest absolute Gasteiger partial charge is 0.492 e. The maximum atomic E-state index is 6.17. The minimum atomic E-state index is 0.221. The Morgan fingerprint density at radius 2 is 1.54 bits per heavy atom. The molecule has 1 aliphatic heterocycles. The van der Waals surface area contributed by atoms with Crippen LogP contribution in [0.2, 0.25) is 5.02 Å². The maximum absolute atomic E-state index is 6.17. The summed E-state index contributed by atoms with van der Waals surface area (Å²) >= 11 is 6.17. The van der Waals surface area contributed by atoms with Crippen molar-refractivity contribution in [3.05, 3.63) is 101 Å². The molecule has 0 amide bonds. The summed E-state index contributed by atoms with van der Waals surface area (Å²) in [6.07, 6.45) is 0.659. The Morgan fingerprint density at radius 1 is 0.892 bits per heavy atom. The first kappa shape index (κ1) is 27.2. The highest BCUT2D eigenvalue weighted by Gasteiger charge is 2.28. The first-order valence-electron chi connectivity index (χ1n) is 12.7. The summed E-state index contributed by atoms with van der Waals surface area (Å²) in [5.41, 5.74) is 6.11. The Kier molecular flexibility index (Phi) is 10.4. The van der Waals surface area contributed by atoms with Gasteiger partial charge in [-0.1, -0.05) is 65.9 Å². The van der Waals surface area contributed by atoms with Crippen LogP contribution in [0.4, 0.5) is 0 Å². The fourth-order valence-electron chi connectivity index (χ4n) is 4.62. The molecular weight excluding hydrogens is 484 g/mol. The number of nitrogens with zero attached hydrogens (tertiary/aromatic N) is 2. The lowest BCUT2D eigenvalue weighted by Gasteiger charge is -2.41. The maximum Gasteiger partial charge on any atom is 0.119 e. The van der Waals surface area contributed by atoms with Gasteiger partial charge in [-0.25, -0.2) is 4.94 Å². The number of halogens is 1. The summed E-state index contributed by atoms with van der Waals surface area (Å²) in [5.74, 6) is 12.0. The Balaban J connectivity index is 1.29. The molecule has 37 heavy (non-hydrogen) atoms. The summed E-state index contributed by atoms with van der Waals surface area (Å²) in [6, 6.07) is 27.5. The summed E-state index contributed by atoms with van der Waals surface area (Å²) in [6.45, 7) is 7.46. The van der Waals surface area contributed by atoms with Crippen molar-refractivity contribution in [2.45, 2.75) is 25.4 Å². The van der Waals surface area contributed by atoms with Gasteiger partial charge in [0.15, 0.2) is 0 Å². The van der Waals surface area contributed by atoms with Crippen molar-refractivity contribution >= 4 is 11.6 Å². The summed E-state index contributed by atoms with van der Waals surface area (Å²) < 4.78 is 6.10. The molecule has 1 heterocycles. The van der Waals surface area contributed by atoms with Crippen LogP contribution >= 0.6 is 11.6 Å². The minimum Gasteiger partial charge on any atom is -0.492 e. The molecule has 0 radical (unpaired) electrons. The van der Waals surface area contributed by atoms with E-state index >= 15 is 0 Å². The molecule has 1 unspecified atom stereocenters. The van der Waals surface area contributed by atoms with Crippen LogP contribution in [0.3, 0.4) is 0 Å². The van der Waals surface area contributed by atoms with Crippen molar-refractivity contribution in [2.24, 2.45) is 5.90 Å². The van der Waals surface area contributed by atoms with E-state index in [9.17, 15) is 0 Å². The zero-order chi connectivity index (χ0) is 25.9. The zero-order valence-electron chi connectivity index (χ0n) is 21.3. The van der Waals surface area contributed by atoms with Gasteiger partial charge in [-0.15, -0.1) is 0 Å². The van der Waals surface area contributed by atoms with Gasteiger partial charge >= 0.3 is 0 Å². The number of hydrogen-bond donors (Lipinski definition) is 2. The van der Waals surface area contributed by atoms with Gasteiger partial charge in [0, 0.05) is 55.8 Å². The fraction of sp³-hybridized carbons (Fsp3) is 0.333. The van der Waals surface area contributed by atoms with E-state index in [1.807, 2.05) is 36.4 Å². The van der Waals surface area contributed by atoms with Gasteiger partial charge in [0.2, 0.25) is 0 Å². The van der Waals surface area contributed by atoms with Gasteiger partial charge in [-0.05, 0) is 54.4 Å². The number of hydrogen-bond acceptors (Lipinski definition) is 6. The quantitative estimate of drug-likeness (QED) is 0.231. The molecule has 3 aromatic rings. The normalized spacial score (nSPS) is 16.0. The molecule has 2 atom stereocenters. The number of nitrogens with one attached hydrogen (secondary N) is 1. The van der Waals surface area contributed by atoms with E-state index in [1.165, 1.54) is 11.1 Å². The van der Waals surface area contributed by atoms with Crippen molar-refractivity contribution in [1.82, 2.24) is 15.3 Å². The molecule has 0 aromatic heterocycles. The van der Waals surface area contributed by atoms with Crippen molar-refractivity contribution < 1.29 is 9.68 Å². The van der Waals surface area contributed by atoms with E-state index in [0.29, 0.717) is 25.6 Å². The number of piperazine rings is 1. The van der Waals surface area contributed by atoms with Crippen LogP contribution in [0.25, 0.3) is 0 Å². The molecule has 0 saturated carbocycles. The van der Waals surface area contributed by atoms with E-state index in [4.69, 9.17) is 22.2 Å². The molecule has 1 aliphatic rings. The molecule has 0 aliphatic carbocycles. The second-order valence-electron chi connectivity index (χ2n) is 9.19. The highest BCUT2D eigenvalue weighted by molar-refractivity contribution is 6.30. The topological polar surface area (TPSA) is 63.0 Å². The molecule has 1 fully saturated rings. The predicted octanol–water partition coefficient (Wildman–Crippen LogP) is 4.65. The Labute approximate surface area is 225 Å². The van der Waals surface area contributed by atoms with Gasteiger partial charge in [-0.3, -0.25) is 9.80 Å². The third kappa shape index (κ3) is 8.05. The van der Waals surface area contributed by atoms with Crippen molar-refractivity contribution in [1.29, 1.82) is 0 Å². The van der Waals surface area contributed by atoms with E-state index in [0.717, 1.165) is 42.5 Å². The molecule has 0 spiro atoms. The molecule has 3 aromatic carbocycles. The Morgan fingerprint density at radius 3 is 2.22 bits per heavy atom. The molecule has 6 nitrogen and oxygen atoms in total. The second-order valence-corrected chi connectivity index (χ2v) is 9.62. The fourth-order valence-corrected chi connectivity index (χ4v) is 4.75. The first-order chi connectivity index (χ1) is 18.1. The van der Waals surface area contributed by atoms with Gasteiger partial charge in [0.05, 0.1) is 6.04 Å². The van der Waals surface area contributed by atoms with Crippen LogP contribution < -0.4 is 16.1 Å². The Hall–Kier alpha value is -2.89. The predicted molar refractivity (Wildman–Crippen MR) is 149 cm³/mol. The monoisotopic (exact) mass is 518 g/mol. The zero-order valence-corrected chi connectivity index (χ0v) is 22.0. The van der Waals surface area contributed by atoms with Crippen molar-refractivity contribution in [3.8, 4) is 17.6 Å². The molecular formula is C30H35ClN4O2. The van der Waals surface area contributed by atoms with Gasteiger partial charge in [0.1, 0.15) is 12.4 Å². The van der Waals surface area contributed by atoms with Crippen LogP contribution in [0.15, 0.2) is 78.9 Å². The highest BCUT2D eigenvalue weighted by atomic mass is 35.5. The lowest BCUT2D eigenvalue weighted by atomic mass is 9.96. The lowest BCUT2D eigenvalue weighted by molar-refractivity contribution is 0.0425.